The summed E-state index contributed by atoms with van der Waals surface area (Å²) in [4.78, 5) is 28.9. The summed E-state index contributed by atoms with van der Waals surface area (Å²) in [6.07, 6.45) is 0. The molecule has 2 N–H and O–H groups in total. The van der Waals surface area contributed by atoms with Crippen molar-refractivity contribution in [3.63, 3.8) is 0 Å². The van der Waals surface area contributed by atoms with Gasteiger partial charge in [0.05, 0.1) is 12.2 Å². The predicted octanol–water partition coefficient (Wildman–Crippen LogP) is 2.27. The smallest absolute Gasteiger partial charge is 0.257 e. The van der Waals surface area contributed by atoms with Crippen molar-refractivity contribution in [1.82, 2.24) is 9.80 Å². The highest BCUT2D eigenvalue weighted by atomic mass is 16.5. The molecule has 2 aromatic rings. The minimum Gasteiger partial charge on any atom is -0.493 e. The topological polar surface area (TPSA) is 75.9 Å². The summed E-state index contributed by atoms with van der Waals surface area (Å²) in [5.41, 5.74) is 7.46. The first-order valence-electron chi connectivity index (χ1n) is 8.76. The lowest BCUT2D eigenvalue weighted by atomic mass is 10.1. The molecule has 1 aliphatic heterocycles. The standard InChI is InChI=1S/C20H23N3O3/c1-2-26-18-9-4-3-8-17(18)20(25)23-12-10-22(11-13-23)19(24)15-6-5-7-16(21)14-15/h3-9,14H,2,10-13,21H2,1H3. The molecule has 0 bridgehead atoms. The zero-order valence-corrected chi connectivity index (χ0v) is 14.9. The second kappa shape index (κ2) is 7.91. The first-order valence-corrected chi connectivity index (χ1v) is 8.76. The number of anilines is 1. The van der Waals surface area contributed by atoms with Crippen molar-refractivity contribution >= 4 is 17.5 Å². The van der Waals surface area contributed by atoms with Crippen molar-refractivity contribution in [3.8, 4) is 5.75 Å². The second-order valence-electron chi connectivity index (χ2n) is 6.14. The van der Waals surface area contributed by atoms with Crippen LogP contribution >= 0.6 is 0 Å². The largest absolute Gasteiger partial charge is 0.493 e. The van der Waals surface area contributed by atoms with Crippen LogP contribution in [-0.4, -0.2) is 54.4 Å². The van der Waals surface area contributed by atoms with Gasteiger partial charge in [0, 0.05) is 37.4 Å². The Morgan fingerprint density at radius 1 is 0.962 bits per heavy atom. The SMILES string of the molecule is CCOc1ccccc1C(=O)N1CCN(C(=O)c2cccc(N)c2)CC1. The summed E-state index contributed by atoms with van der Waals surface area (Å²) in [5, 5.41) is 0. The van der Waals surface area contributed by atoms with Crippen molar-refractivity contribution in [2.75, 3.05) is 38.5 Å². The number of nitrogens with two attached hydrogens (primary N) is 1. The van der Waals surface area contributed by atoms with Crippen LogP contribution in [0.15, 0.2) is 48.5 Å². The van der Waals surface area contributed by atoms with E-state index in [1.165, 1.54) is 0 Å². The molecule has 1 heterocycles. The molecule has 2 aromatic carbocycles. The Morgan fingerprint density at radius 2 is 1.62 bits per heavy atom. The van der Waals surface area contributed by atoms with Crippen LogP contribution in [0.5, 0.6) is 5.75 Å². The van der Waals surface area contributed by atoms with Crippen LogP contribution in [-0.2, 0) is 0 Å². The van der Waals surface area contributed by atoms with Crippen LogP contribution in [0.3, 0.4) is 0 Å². The van der Waals surface area contributed by atoms with E-state index in [2.05, 4.69) is 0 Å². The molecule has 0 unspecified atom stereocenters. The Kier molecular flexibility index (Phi) is 5.41. The zero-order chi connectivity index (χ0) is 18.5. The molecule has 0 aliphatic carbocycles. The van der Waals surface area contributed by atoms with Crippen molar-refractivity contribution < 1.29 is 14.3 Å². The zero-order valence-electron chi connectivity index (χ0n) is 14.9. The van der Waals surface area contributed by atoms with E-state index in [-0.39, 0.29) is 11.8 Å². The van der Waals surface area contributed by atoms with Crippen molar-refractivity contribution in [2.24, 2.45) is 0 Å². The molecule has 1 aliphatic rings. The van der Waals surface area contributed by atoms with Crippen LogP contribution in [0.4, 0.5) is 5.69 Å². The summed E-state index contributed by atoms with van der Waals surface area (Å²) < 4.78 is 5.55. The third-order valence-corrected chi connectivity index (χ3v) is 4.40. The quantitative estimate of drug-likeness (QED) is 0.856. The number of hydrogen-bond acceptors (Lipinski definition) is 4. The summed E-state index contributed by atoms with van der Waals surface area (Å²) >= 11 is 0. The third kappa shape index (κ3) is 3.79. The van der Waals surface area contributed by atoms with Gasteiger partial charge in [-0.1, -0.05) is 18.2 Å². The lowest BCUT2D eigenvalue weighted by molar-refractivity contribution is 0.0533. The number of hydrogen-bond donors (Lipinski definition) is 1. The molecule has 0 radical (unpaired) electrons. The van der Waals surface area contributed by atoms with Crippen molar-refractivity contribution in [1.29, 1.82) is 0 Å². The van der Waals surface area contributed by atoms with Gasteiger partial charge in [0.15, 0.2) is 0 Å². The number of carbonyl (C=O) groups is 2. The maximum Gasteiger partial charge on any atom is 0.257 e. The molecular formula is C20H23N3O3. The summed E-state index contributed by atoms with van der Waals surface area (Å²) in [6.45, 7) is 4.38. The second-order valence-corrected chi connectivity index (χ2v) is 6.14. The van der Waals surface area contributed by atoms with Crippen molar-refractivity contribution in [2.45, 2.75) is 6.92 Å². The first-order chi connectivity index (χ1) is 12.6. The molecule has 136 valence electrons. The Bertz CT molecular complexity index is 798. The van der Waals surface area contributed by atoms with Gasteiger partial charge in [-0.25, -0.2) is 0 Å². The Labute approximate surface area is 153 Å². The highest BCUT2D eigenvalue weighted by Gasteiger charge is 2.26. The average molecular weight is 353 g/mol. The molecule has 6 heteroatoms. The summed E-state index contributed by atoms with van der Waals surface area (Å²) in [7, 11) is 0. The van der Waals surface area contributed by atoms with Gasteiger partial charge in [0.25, 0.3) is 11.8 Å². The number of para-hydroxylation sites is 1. The van der Waals surface area contributed by atoms with E-state index in [9.17, 15) is 9.59 Å². The number of nitrogen functional groups attached to an aromatic ring is 1. The molecule has 3 rings (SSSR count). The van der Waals surface area contributed by atoms with Crippen LogP contribution in [0.2, 0.25) is 0 Å². The van der Waals surface area contributed by atoms with E-state index in [0.29, 0.717) is 55.3 Å². The molecule has 0 aromatic heterocycles. The molecule has 0 spiro atoms. The molecule has 2 amide bonds. The van der Waals surface area contributed by atoms with E-state index in [1.807, 2.05) is 19.1 Å². The normalized spacial score (nSPS) is 14.2. The van der Waals surface area contributed by atoms with Gasteiger partial charge in [-0.15, -0.1) is 0 Å². The Morgan fingerprint density at radius 3 is 2.27 bits per heavy atom. The highest BCUT2D eigenvalue weighted by molar-refractivity contribution is 5.98. The van der Waals surface area contributed by atoms with E-state index in [4.69, 9.17) is 10.5 Å². The number of nitrogens with zero attached hydrogens (tertiary/aromatic N) is 2. The van der Waals surface area contributed by atoms with Gasteiger partial charge in [0.1, 0.15) is 5.75 Å². The monoisotopic (exact) mass is 353 g/mol. The summed E-state index contributed by atoms with van der Waals surface area (Å²) in [5.74, 6) is 0.475. The number of ether oxygens (including phenoxy) is 1. The van der Waals surface area contributed by atoms with E-state index in [1.54, 1.807) is 46.2 Å². The fourth-order valence-corrected chi connectivity index (χ4v) is 3.06. The molecule has 0 atom stereocenters. The van der Waals surface area contributed by atoms with E-state index < -0.39 is 0 Å². The Hall–Kier alpha value is -3.02. The Balaban J connectivity index is 1.65. The highest BCUT2D eigenvalue weighted by Crippen LogP contribution is 2.21. The van der Waals surface area contributed by atoms with Gasteiger partial charge in [-0.2, -0.15) is 0 Å². The minimum absolute atomic E-state index is 0.0564. The lowest BCUT2D eigenvalue weighted by Gasteiger charge is -2.35. The number of rotatable bonds is 4. The van der Waals surface area contributed by atoms with Crippen LogP contribution < -0.4 is 10.5 Å². The van der Waals surface area contributed by atoms with Crippen LogP contribution in [0, 0.1) is 0 Å². The molecule has 26 heavy (non-hydrogen) atoms. The van der Waals surface area contributed by atoms with Crippen LogP contribution in [0.25, 0.3) is 0 Å². The third-order valence-electron chi connectivity index (χ3n) is 4.40. The summed E-state index contributed by atoms with van der Waals surface area (Å²) in [6, 6.07) is 14.2. The molecule has 1 saturated heterocycles. The average Bonchev–Trinajstić information content (AvgIpc) is 2.68. The fraction of sp³-hybridized carbons (Fsp3) is 0.300. The number of amides is 2. The van der Waals surface area contributed by atoms with E-state index >= 15 is 0 Å². The molecular weight excluding hydrogens is 330 g/mol. The molecule has 1 fully saturated rings. The van der Waals surface area contributed by atoms with Gasteiger partial charge >= 0.3 is 0 Å². The van der Waals surface area contributed by atoms with Gasteiger partial charge in [0.2, 0.25) is 0 Å². The maximum absolute atomic E-state index is 12.8. The lowest BCUT2D eigenvalue weighted by Crippen LogP contribution is -2.50. The van der Waals surface area contributed by atoms with Gasteiger partial charge in [-0.05, 0) is 37.3 Å². The predicted molar refractivity (Wildman–Crippen MR) is 100 cm³/mol. The van der Waals surface area contributed by atoms with Gasteiger partial charge in [-0.3, -0.25) is 9.59 Å². The molecule has 6 nitrogen and oxygen atoms in total. The van der Waals surface area contributed by atoms with Crippen LogP contribution in [0.1, 0.15) is 27.6 Å². The number of benzene rings is 2. The van der Waals surface area contributed by atoms with Crippen molar-refractivity contribution in [3.05, 3.63) is 59.7 Å². The maximum atomic E-state index is 12.8. The minimum atomic E-state index is -0.0647. The molecule has 0 saturated carbocycles. The first kappa shape index (κ1) is 17.8. The van der Waals surface area contributed by atoms with Gasteiger partial charge < -0.3 is 20.3 Å². The fourth-order valence-electron chi connectivity index (χ4n) is 3.06. The number of piperazine rings is 1. The number of carbonyl (C=O) groups excluding carboxylic acids is 2. The van der Waals surface area contributed by atoms with E-state index in [0.717, 1.165) is 0 Å².